The molecule has 0 aliphatic heterocycles. The number of alkyl halides is 9. The van der Waals surface area contributed by atoms with Crippen LogP contribution in [0.5, 0.6) is 5.75 Å². The molecule has 4 nitrogen and oxygen atoms in total. The molecule has 0 spiro atoms. The van der Waals surface area contributed by atoms with E-state index in [4.69, 9.17) is 4.74 Å². The summed E-state index contributed by atoms with van der Waals surface area (Å²) in [5.41, 5.74) is 0. The third kappa shape index (κ3) is 7.00. The zero-order chi connectivity index (χ0) is 29.7. The predicted octanol–water partition coefficient (Wildman–Crippen LogP) is 7.14. The van der Waals surface area contributed by atoms with Crippen LogP contribution in [0, 0.1) is 0 Å². The third-order valence-electron chi connectivity index (χ3n) is 4.76. The molecule has 3 aromatic carbocycles. The molecule has 0 amide bonds. The minimum absolute atomic E-state index is 0.0824. The monoisotopic (exact) mass is 606 g/mol. The second-order valence-electron chi connectivity index (χ2n) is 7.45. The van der Waals surface area contributed by atoms with Crippen LogP contribution in [0.25, 0.3) is 0 Å². The Kier molecular flexibility index (Phi) is 10.0. The first-order valence-electron chi connectivity index (χ1n) is 10.6. The molecule has 0 heterocycles. The van der Waals surface area contributed by atoms with Crippen molar-refractivity contribution in [3.05, 3.63) is 84.9 Å². The molecule has 0 N–H and O–H groups in total. The molecule has 0 fully saturated rings. The first-order valence-corrected chi connectivity index (χ1v) is 13.2. The van der Waals surface area contributed by atoms with Gasteiger partial charge in [0.05, 0.1) is 17.5 Å². The summed E-state index contributed by atoms with van der Waals surface area (Å²) in [5.74, 6) is -13.9. The van der Waals surface area contributed by atoms with Gasteiger partial charge in [0, 0.05) is 0 Å². The van der Waals surface area contributed by atoms with E-state index in [9.17, 15) is 52.5 Å². The Morgan fingerprint density at radius 3 is 1.38 bits per heavy atom. The Labute approximate surface area is 220 Å². The molecule has 0 aromatic heterocycles. The van der Waals surface area contributed by atoms with E-state index >= 15 is 0 Å². The molecular formula is C24H19F9O4S2. The summed E-state index contributed by atoms with van der Waals surface area (Å²) in [4.78, 5) is 3.97. The topological polar surface area (TPSA) is 66.4 Å². The zero-order valence-electron chi connectivity index (χ0n) is 19.6. The van der Waals surface area contributed by atoms with Crippen molar-refractivity contribution in [3.63, 3.8) is 0 Å². The van der Waals surface area contributed by atoms with Gasteiger partial charge in [-0.25, -0.2) is 8.42 Å². The Bertz CT molecular complexity index is 1260. The quantitative estimate of drug-likeness (QED) is 0.155. The summed E-state index contributed by atoms with van der Waals surface area (Å²) in [6, 6.07) is 29.8. The first-order chi connectivity index (χ1) is 17.9. The van der Waals surface area contributed by atoms with Gasteiger partial charge in [-0.3, -0.25) is 0 Å². The average Bonchev–Trinajstić information content (AvgIpc) is 2.85. The molecule has 0 radical (unpaired) electrons. The van der Waals surface area contributed by atoms with E-state index in [0.717, 1.165) is 5.75 Å². The van der Waals surface area contributed by atoms with Gasteiger partial charge in [-0.15, -0.1) is 0 Å². The minimum Gasteiger partial charge on any atom is -0.743 e. The highest BCUT2D eigenvalue weighted by Gasteiger charge is 2.83. The SMILES string of the molecule is CCOc1ccc([S+](c2ccccc2)c2ccccc2)cc1.O=S(=O)([O-])C(F)(F)C(F)(F)C(F)(F)C(F)(F)F. The summed E-state index contributed by atoms with van der Waals surface area (Å²) in [5, 5.41) is -7.11. The lowest BCUT2D eigenvalue weighted by molar-refractivity contribution is -0.382. The Hall–Kier alpha value is -2.91. The van der Waals surface area contributed by atoms with E-state index in [1.54, 1.807) is 0 Å². The van der Waals surface area contributed by atoms with Crippen molar-refractivity contribution in [2.24, 2.45) is 0 Å². The van der Waals surface area contributed by atoms with Crippen molar-refractivity contribution in [1.29, 1.82) is 0 Å². The van der Waals surface area contributed by atoms with Crippen LogP contribution in [-0.2, 0) is 21.0 Å². The summed E-state index contributed by atoms with van der Waals surface area (Å²) in [6.07, 6.45) is -7.16. The highest BCUT2D eigenvalue weighted by Crippen LogP contribution is 2.54. The van der Waals surface area contributed by atoms with Gasteiger partial charge in [-0.1, -0.05) is 36.4 Å². The van der Waals surface area contributed by atoms with Gasteiger partial charge >= 0.3 is 23.3 Å². The van der Waals surface area contributed by atoms with E-state index in [1.807, 2.05) is 6.92 Å². The number of rotatable bonds is 8. The van der Waals surface area contributed by atoms with E-state index < -0.39 is 33.4 Å². The van der Waals surface area contributed by atoms with Gasteiger partial charge < -0.3 is 9.29 Å². The third-order valence-corrected chi connectivity index (χ3v) is 7.87. The van der Waals surface area contributed by atoms with Crippen molar-refractivity contribution in [2.75, 3.05) is 6.61 Å². The van der Waals surface area contributed by atoms with E-state index in [0.29, 0.717) is 6.61 Å². The summed E-state index contributed by atoms with van der Waals surface area (Å²) >= 11 is 0. The Morgan fingerprint density at radius 1 is 0.667 bits per heavy atom. The van der Waals surface area contributed by atoms with Gasteiger partial charge in [0.15, 0.2) is 24.8 Å². The fraction of sp³-hybridized carbons (Fsp3) is 0.250. The molecule has 0 saturated heterocycles. The van der Waals surface area contributed by atoms with Crippen LogP contribution in [0.15, 0.2) is 99.6 Å². The minimum atomic E-state index is -7.43. The van der Waals surface area contributed by atoms with Crippen LogP contribution in [0.3, 0.4) is 0 Å². The maximum atomic E-state index is 12.2. The molecule has 214 valence electrons. The van der Waals surface area contributed by atoms with Gasteiger partial charge in [0.25, 0.3) is 0 Å². The van der Waals surface area contributed by atoms with Crippen LogP contribution in [0.2, 0.25) is 0 Å². The normalized spacial score (nSPS) is 13.0. The van der Waals surface area contributed by atoms with Crippen LogP contribution in [0.4, 0.5) is 39.5 Å². The highest BCUT2D eigenvalue weighted by atomic mass is 32.2. The lowest BCUT2D eigenvalue weighted by atomic mass is 10.1. The number of ether oxygens (including phenoxy) is 1. The fourth-order valence-corrected chi connectivity index (χ4v) is 5.40. The van der Waals surface area contributed by atoms with Gasteiger partial charge in [-0.05, 0) is 55.5 Å². The smallest absolute Gasteiger partial charge is 0.460 e. The van der Waals surface area contributed by atoms with Crippen LogP contribution >= 0.6 is 0 Å². The molecular weight excluding hydrogens is 587 g/mol. The van der Waals surface area contributed by atoms with E-state index in [1.165, 1.54) is 14.7 Å². The maximum Gasteiger partial charge on any atom is 0.460 e. The molecule has 0 unspecified atom stereocenters. The fourth-order valence-electron chi connectivity index (χ4n) is 2.88. The Morgan fingerprint density at radius 2 is 1.05 bits per heavy atom. The number of halogens is 9. The Balaban J connectivity index is 0.000000285. The van der Waals surface area contributed by atoms with Crippen LogP contribution in [-0.4, -0.2) is 42.9 Å². The van der Waals surface area contributed by atoms with Crippen molar-refractivity contribution >= 4 is 21.0 Å². The highest BCUT2D eigenvalue weighted by molar-refractivity contribution is 7.97. The maximum absolute atomic E-state index is 12.2. The average molecular weight is 607 g/mol. The van der Waals surface area contributed by atoms with Crippen LogP contribution < -0.4 is 4.74 Å². The summed E-state index contributed by atoms with van der Waals surface area (Å²) in [7, 11) is -7.50. The van der Waals surface area contributed by atoms with E-state index in [2.05, 4.69) is 84.9 Å². The second-order valence-corrected chi connectivity index (χ2v) is 10.9. The number of hydrogen-bond acceptors (Lipinski definition) is 4. The number of hydrogen-bond donors (Lipinski definition) is 0. The summed E-state index contributed by atoms with van der Waals surface area (Å²) < 4.78 is 141. The van der Waals surface area contributed by atoms with Crippen molar-refractivity contribution in [1.82, 2.24) is 0 Å². The molecule has 3 rings (SSSR count). The molecule has 3 aromatic rings. The molecule has 0 saturated carbocycles. The molecule has 0 atom stereocenters. The number of benzene rings is 3. The van der Waals surface area contributed by atoms with Crippen molar-refractivity contribution in [3.8, 4) is 5.75 Å². The van der Waals surface area contributed by atoms with Gasteiger partial charge in [0.2, 0.25) is 0 Å². The largest absolute Gasteiger partial charge is 0.743 e. The lowest BCUT2D eigenvalue weighted by Crippen LogP contribution is -2.63. The second kappa shape index (κ2) is 12.1. The molecule has 0 aliphatic carbocycles. The van der Waals surface area contributed by atoms with Gasteiger partial charge in [0.1, 0.15) is 5.75 Å². The molecule has 39 heavy (non-hydrogen) atoms. The first kappa shape index (κ1) is 32.3. The molecule has 15 heteroatoms. The molecule has 0 bridgehead atoms. The van der Waals surface area contributed by atoms with Crippen molar-refractivity contribution in [2.45, 2.75) is 44.9 Å². The van der Waals surface area contributed by atoms with Crippen LogP contribution in [0.1, 0.15) is 6.92 Å². The van der Waals surface area contributed by atoms with Crippen molar-refractivity contribution < 1.29 is 57.2 Å². The molecule has 0 aliphatic rings. The predicted molar refractivity (Wildman–Crippen MR) is 123 cm³/mol. The van der Waals surface area contributed by atoms with E-state index in [-0.39, 0.29) is 10.9 Å². The lowest BCUT2D eigenvalue weighted by Gasteiger charge is -2.34. The summed E-state index contributed by atoms with van der Waals surface area (Å²) in [6.45, 7) is 2.70. The zero-order valence-corrected chi connectivity index (χ0v) is 21.3. The standard InChI is InChI=1S/C20H19OS.C4HF9O3S/c1-2-21-17-13-15-20(16-14-17)22(18-9-5-3-6-10-18)19-11-7-4-8-12-19;5-1(6,3(9,10)11)2(7,8)4(12,13)17(14,15)16/h3-16H,2H2,1H3;(H,14,15,16)/q+1;/p-1. The van der Waals surface area contributed by atoms with Gasteiger partial charge in [-0.2, -0.15) is 39.5 Å².